The van der Waals surface area contributed by atoms with E-state index in [9.17, 15) is 4.79 Å². The number of carbonyl (C=O) groups excluding carboxylic acids is 1. The van der Waals surface area contributed by atoms with Gasteiger partial charge in [0.15, 0.2) is 0 Å². The van der Waals surface area contributed by atoms with Crippen LogP contribution in [-0.4, -0.2) is 30.3 Å². The number of nitrogens with one attached hydrogen (secondary N) is 2. The molecule has 0 unspecified atom stereocenters. The van der Waals surface area contributed by atoms with Crippen LogP contribution in [-0.2, 0) is 4.74 Å². The molecular formula is C17H36N2O2. The molecule has 0 spiro atoms. The van der Waals surface area contributed by atoms with Gasteiger partial charge in [-0.05, 0) is 52.0 Å². The van der Waals surface area contributed by atoms with Crippen molar-refractivity contribution in [2.45, 2.75) is 85.8 Å². The smallest absolute Gasteiger partial charge is 0.408 e. The lowest BCUT2D eigenvalue weighted by Gasteiger charge is -2.34. The van der Waals surface area contributed by atoms with Gasteiger partial charge in [-0.25, -0.2) is 4.79 Å². The second-order valence-corrected chi connectivity index (χ2v) is 8.10. The number of alkyl carbamates (subject to hydrolysis) is 1. The molecule has 0 bridgehead atoms. The zero-order chi connectivity index (χ0) is 16.7. The Labute approximate surface area is 131 Å². The van der Waals surface area contributed by atoms with Gasteiger partial charge < -0.3 is 15.4 Å². The number of carbonyl (C=O) groups is 1. The minimum Gasteiger partial charge on any atom is -0.444 e. The fourth-order valence-corrected chi connectivity index (χ4v) is 2.03. The van der Waals surface area contributed by atoms with Crippen molar-refractivity contribution < 1.29 is 9.53 Å². The second-order valence-electron chi connectivity index (χ2n) is 8.10. The first-order chi connectivity index (χ1) is 9.43. The van der Waals surface area contributed by atoms with Gasteiger partial charge >= 0.3 is 6.09 Å². The molecule has 0 aromatic heterocycles. The molecule has 0 aliphatic heterocycles. The minimum absolute atomic E-state index is 0.236. The lowest BCUT2D eigenvalue weighted by atomic mass is 9.91. The Morgan fingerprint density at radius 2 is 1.52 bits per heavy atom. The lowest BCUT2D eigenvalue weighted by molar-refractivity contribution is 0.0445. The second kappa shape index (κ2) is 8.02. The summed E-state index contributed by atoms with van der Waals surface area (Å²) in [6.07, 6.45) is 2.54. The molecule has 0 aliphatic carbocycles. The molecule has 0 atom stereocenters. The van der Waals surface area contributed by atoms with Crippen LogP contribution in [0.15, 0.2) is 0 Å². The van der Waals surface area contributed by atoms with E-state index in [2.05, 4.69) is 45.3 Å². The number of amides is 1. The summed E-state index contributed by atoms with van der Waals surface area (Å²) in [6, 6.07) is 0. The van der Waals surface area contributed by atoms with Gasteiger partial charge in [-0.2, -0.15) is 0 Å². The molecule has 126 valence electrons. The van der Waals surface area contributed by atoms with Gasteiger partial charge in [0.05, 0.1) is 5.54 Å². The molecule has 21 heavy (non-hydrogen) atoms. The average Bonchev–Trinajstić information content (AvgIpc) is 2.29. The van der Waals surface area contributed by atoms with E-state index >= 15 is 0 Å². The minimum atomic E-state index is -0.461. The topological polar surface area (TPSA) is 50.4 Å². The van der Waals surface area contributed by atoms with Crippen LogP contribution in [0.5, 0.6) is 0 Å². The Morgan fingerprint density at radius 3 is 1.90 bits per heavy atom. The van der Waals surface area contributed by atoms with E-state index in [0.717, 1.165) is 32.4 Å². The van der Waals surface area contributed by atoms with Gasteiger partial charge in [0.25, 0.3) is 0 Å². The molecule has 0 fully saturated rings. The van der Waals surface area contributed by atoms with E-state index < -0.39 is 5.60 Å². The fourth-order valence-electron chi connectivity index (χ4n) is 2.03. The zero-order valence-electron chi connectivity index (χ0n) is 15.4. The van der Waals surface area contributed by atoms with Gasteiger partial charge in [0.2, 0.25) is 0 Å². The number of rotatable bonds is 7. The third-order valence-electron chi connectivity index (χ3n) is 3.63. The maximum atomic E-state index is 12.0. The summed E-state index contributed by atoms with van der Waals surface area (Å²) in [4.78, 5) is 12.0. The quantitative estimate of drug-likeness (QED) is 0.696. The van der Waals surface area contributed by atoms with Crippen LogP contribution in [0, 0.1) is 5.41 Å². The predicted octanol–water partition coefficient (Wildman–Crippen LogP) is 4.10. The maximum Gasteiger partial charge on any atom is 0.408 e. The first-order valence-corrected chi connectivity index (χ1v) is 8.15. The molecular weight excluding hydrogens is 264 g/mol. The van der Waals surface area contributed by atoms with Crippen molar-refractivity contribution in [1.82, 2.24) is 10.6 Å². The van der Waals surface area contributed by atoms with Crippen LogP contribution < -0.4 is 10.6 Å². The summed E-state index contributed by atoms with van der Waals surface area (Å²) in [6.45, 7) is 18.3. The predicted molar refractivity (Wildman–Crippen MR) is 89.6 cm³/mol. The Bertz CT molecular complexity index is 310. The van der Waals surface area contributed by atoms with Crippen molar-refractivity contribution in [2.24, 2.45) is 5.41 Å². The summed E-state index contributed by atoms with van der Waals surface area (Å²) in [5.74, 6) is 0. The summed E-state index contributed by atoms with van der Waals surface area (Å²) in [5.41, 5.74) is -0.371. The highest BCUT2D eigenvalue weighted by atomic mass is 16.6. The van der Waals surface area contributed by atoms with Gasteiger partial charge in [-0.1, -0.05) is 34.6 Å². The van der Waals surface area contributed by atoms with Gasteiger partial charge in [0.1, 0.15) is 5.60 Å². The number of hydrogen-bond donors (Lipinski definition) is 2. The van der Waals surface area contributed by atoms with Crippen molar-refractivity contribution >= 4 is 6.09 Å². The van der Waals surface area contributed by atoms with E-state index in [4.69, 9.17) is 4.74 Å². The van der Waals surface area contributed by atoms with Crippen molar-refractivity contribution in [2.75, 3.05) is 13.1 Å². The van der Waals surface area contributed by atoms with Crippen molar-refractivity contribution in [3.8, 4) is 0 Å². The lowest BCUT2D eigenvalue weighted by Crippen LogP contribution is -2.55. The van der Waals surface area contributed by atoms with Crippen molar-refractivity contribution in [1.29, 1.82) is 0 Å². The summed E-state index contributed by atoms with van der Waals surface area (Å²) >= 11 is 0. The molecule has 1 amide bonds. The van der Waals surface area contributed by atoms with Crippen LogP contribution in [0.25, 0.3) is 0 Å². The van der Waals surface area contributed by atoms with Crippen LogP contribution in [0.4, 0.5) is 4.79 Å². The van der Waals surface area contributed by atoms with Crippen LogP contribution in [0.3, 0.4) is 0 Å². The fraction of sp³-hybridized carbons (Fsp3) is 0.941. The molecule has 0 aliphatic rings. The maximum absolute atomic E-state index is 12.0. The normalized spacial score (nSPS) is 13.1. The molecule has 0 saturated carbocycles. The first kappa shape index (κ1) is 20.2. The standard InChI is InChI=1S/C17H36N2O2/c1-9-17(10-2,13-18-12-11-15(3,4)5)19-14(20)21-16(6,7)8/h18H,9-13H2,1-8H3,(H,19,20). The monoisotopic (exact) mass is 300 g/mol. The molecule has 4 nitrogen and oxygen atoms in total. The summed E-state index contributed by atoms with van der Waals surface area (Å²) in [5, 5.41) is 6.54. The zero-order valence-corrected chi connectivity index (χ0v) is 15.4. The largest absolute Gasteiger partial charge is 0.444 e. The average molecular weight is 300 g/mol. The molecule has 0 aromatic carbocycles. The van der Waals surface area contributed by atoms with E-state index in [-0.39, 0.29) is 11.6 Å². The Kier molecular flexibility index (Phi) is 7.73. The van der Waals surface area contributed by atoms with E-state index in [1.54, 1.807) is 0 Å². The van der Waals surface area contributed by atoms with Gasteiger partial charge in [0, 0.05) is 6.54 Å². The van der Waals surface area contributed by atoms with Gasteiger partial charge in [-0.3, -0.25) is 0 Å². The third kappa shape index (κ3) is 9.72. The van der Waals surface area contributed by atoms with E-state index in [0.29, 0.717) is 5.41 Å². The highest BCUT2D eigenvalue weighted by Gasteiger charge is 2.30. The van der Waals surface area contributed by atoms with Crippen LogP contribution in [0.1, 0.15) is 74.7 Å². The van der Waals surface area contributed by atoms with E-state index in [1.165, 1.54) is 0 Å². The number of ether oxygens (including phenoxy) is 1. The first-order valence-electron chi connectivity index (χ1n) is 8.15. The molecule has 4 heteroatoms. The highest BCUT2D eigenvalue weighted by molar-refractivity contribution is 5.68. The van der Waals surface area contributed by atoms with Gasteiger partial charge in [-0.15, -0.1) is 0 Å². The molecule has 2 N–H and O–H groups in total. The summed E-state index contributed by atoms with van der Waals surface area (Å²) < 4.78 is 5.38. The Balaban J connectivity index is 4.45. The number of hydrogen-bond acceptors (Lipinski definition) is 3. The van der Waals surface area contributed by atoms with Crippen molar-refractivity contribution in [3.05, 3.63) is 0 Å². The Hall–Kier alpha value is -0.770. The van der Waals surface area contributed by atoms with E-state index in [1.807, 2.05) is 20.8 Å². The molecule has 0 rings (SSSR count). The third-order valence-corrected chi connectivity index (χ3v) is 3.63. The van der Waals surface area contributed by atoms with Crippen molar-refractivity contribution in [3.63, 3.8) is 0 Å². The summed E-state index contributed by atoms with van der Waals surface area (Å²) in [7, 11) is 0. The van der Waals surface area contributed by atoms with Crippen LogP contribution in [0.2, 0.25) is 0 Å². The molecule has 0 aromatic rings. The SMILES string of the molecule is CCC(CC)(CNCCC(C)(C)C)NC(=O)OC(C)(C)C. The highest BCUT2D eigenvalue weighted by Crippen LogP contribution is 2.19. The molecule has 0 radical (unpaired) electrons. The van der Waals surface area contributed by atoms with Crippen LogP contribution >= 0.6 is 0 Å². The Morgan fingerprint density at radius 1 is 1.00 bits per heavy atom. The molecule has 0 saturated heterocycles. The molecule has 0 heterocycles.